The van der Waals surface area contributed by atoms with E-state index in [1.54, 1.807) is 29.8 Å². The Labute approximate surface area is 171 Å². The van der Waals surface area contributed by atoms with Crippen LogP contribution in [0.15, 0.2) is 60.4 Å². The second-order valence-corrected chi connectivity index (χ2v) is 6.84. The molecular weight excluding hydrogens is 419 g/mol. The van der Waals surface area contributed by atoms with Crippen molar-refractivity contribution in [3.8, 4) is 5.75 Å². The number of thiazole rings is 1. The van der Waals surface area contributed by atoms with Gasteiger partial charge in [-0.1, -0.05) is 0 Å². The molecule has 0 aliphatic heterocycles. The molecular formula is C19H12F3N5O2S. The minimum absolute atomic E-state index is 0.319. The molecule has 7 nitrogen and oxygen atoms in total. The lowest BCUT2D eigenvalue weighted by atomic mass is 10.1. The maximum absolute atomic E-state index is 12.4. The Balaban J connectivity index is 1.54. The monoisotopic (exact) mass is 431 g/mol. The highest BCUT2D eigenvalue weighted by molar-refractivity contribution is 7.13. The Morgan fingerprint density at radius 1 is 1.03 bits per heavy atom. The van der Waals surface area contributed by atoms with Gasteiger partial charge in [-0.3, -0.25) is 10.1 Å². The molecule has 0 saturated carbocycles. The van der Waals surface area contributed by atoms with Crippen LogP contribution >= 0.6 is 11.3 Å². The Bertz CT molecular complexity index is 1180. The highest BCUT2D eigenvalue weighted by Gasteiger charge is 2.30. The maximum Gasteiger partial charge on any atom is 0.573 e. The van der Waals surface area contributed by atoms with Crippen molar-refractivity contribution in [2.45, 2.75) is 6.36 Å². The molecule has 152 valence electrons. The fraction of sp³-hybridized carbons (Fsp3) is 0.0526. The first-order valence-electron chi connectivity index (χ1n) is 8.46. The molecule has 0 aliphatic carbocycles. The van der Waals surface area contributed by atoms with Gasteiger partial charge in [0.15, 0.2) is 5.13 Å². The number of fused-ring (bicyclic) bond motifs is 1. The molecule has 0 unspecified atom stereocenters. The molecule has 1 amide bonds. The van der Waals surface area contributed by atoms with E-state index in [1.807, 2.05) is 0 Å². The predicted octanol–water partition coefficient (Wildman–Crippen LogP) is 4.98. The van der Waals surface area contributed by atoms with Crippen molar-refractivity contribution in [3.63, 3.8) is 0 Å². The SMILES string of the molecule is O=C(Nc1nccs1)c1ccc2c(Nc3ccc(OC(F)(F)F)cc3)ncnc2c1. The van der Waals surface area contributed by atoms with Crippen molar-refractivity contribution in [1.82, 2.24) is 15.0 Å². The molecule has 0 atom stereocenters. The average Bonchev–Trinajstić information content (AvgIpc) is 3.21. The second kappa shape index (κ2) is 7.95. The van der Waals surface area contributed by atoms with Crippen LogP contribution in [0.25, 0.3) is 10.9 Å². The molecule has 2 aromatic carbocycles. The summed E-state index contributed by atoms with van der Waals surface area (Å²) in [6.07, 6.45) is -1.83. The van der Waals surface area contributed by atoms with Crippen LogP contribution in [0.4, 0.5) is 29.8 Å². The number of aromatic nitrogens is 3. The van der Waals surface area contributed by atoms with E-state index in [0.29, 0.717) is 33.1 Å². The van der Waals surface area contributed by atoms with E-state index in [0.717, 1.165) is 0 Å². The molecule has 2 N–H and O–H groups in total. The van der Waals surface area contributed by atoms with Crippen molar-refractivity contribution in [2.75, 3.05) is 10.6 Å². The normalized spacial score (nSPS) is 11.3. The van der Waals surface area contributed by atoms with Gasteiger partial charge < -0.3 is 10.1 Å². The lowest BCUT2D eigenvalue weighted by Gasteiger charge is -2.11. The van der Waals surface area contributed by atoms with Gasteiger partial charge in [0.25, 0.3) is 5.91 Å². The summed E-state index contributed by atoms with van der Waals surface area (Å²) in [4.78, 5) is 24.7. The molecule has 0 aliphatic rings. The lowest BCUT2D eigenvalue weighted by molar-refractivity contribution is -0.274. The van der Waals surface area contributed by atoms with Gasteiger partial charge in [-0.15, -0.1) is 24.5 Å². The number of hydrogen-bond acceptors (Lipinski definition) is 7. The van der Waals surface area contributed by atoms with Crippen LogP contribution in [0, 0.1) is 0 Å². The summed E-state index contributed by atoms with van der Waals surface area (Å²) in [5, 5.41) is 8.60. The number of nitrogens with zero attached hydrogens (tertiary/aromatic N) is 3. The van der Waals surface area contributed by atoms with Gasteiger partial charge in [-0.05, 0) is 42.5 Å². The molecule has 4 rings (SSSR count). The van der Waals surface area contributed by atoms with E-state index in [1.165, 1.54) is 41.9 Å². The molecule has 0 radical (unpaired) electrons. The summed E-state index contributed by atoms with van der Waals surface area (Å²) in [6.45, 7) is 0. The van der Waals surface area contributed by atoms with E-state index in [9.17, 15) is 18.0 Å². The third-order valence-electron chi connectivity index (χ3n) is 3.90. The molecule has 2 heterocycles. The first-order chi connectivity index (χ1) is 14.4. The first kappa shape index (κ1) is 19.6. The fourth-order valence-corrected chi connectivity index (χ4v) is 3.15. The molecule has 30 heavy (non-hydrogen) atoms. The molecule has 0 saturated heterocycles. The zero-order chi connectivity index (χ0) is 21.1. The van der Waals surface area contributed by atoms with Crippen LogP contribution < -0.4 is 15.4 Å². The van der Waals surface area contributed by atoms with Crippen LogP contribution in [0.2, 0.25) is 0 Å². The number of ether oxygens (including phenoxy) is 1. The summed E-state index contributed by atoms with van der Waals surface area (Å²) in [7, 11) is 0. The van der Waals surface area contributed by atoms with E-state index < -0.39 is 6.36 Å². The summed E-state index contributed by atoms with van der Waals surface area (Å²) in [5.74, 6) is -0.201. The smallest absolute Gasteiger partial charge is 0.406 e. The van der Waals surface area contributed by atoms with Crippen LogP contribution in [0.5, 0.6) is 5.75 Å². The lowest BCUT2D eigenvalue weighted by Crippen LogP contribution is -2.16. The standard InChI is InChI=1S/C19H12F3N5O2S/c20-19(21,22)29-13-4-2-12(3-5-13)26-16-14-6-1-11(9-15(14)24-10-25-16)17(28)27-18-23-7-8-30-18/h1-10H,(H,23,27,28)(H,24,25,26). The fourth-order valence-electron chi connectivity index (χ4n) is 2.63. The van der Waals surface area contributed by atoms with Crippen molar-refractivity contribution in [2.24, 2.45) is 0 Å². The first-order valence-corrected chi connectivity index (χ1v) is 9.34. The van der Waals surface area contributed by atoms with Crippen molar-refractivity contribution < 1.29 is 22.7 Å². The van der Waals surface area contributed by atoms with Gasteiger partial charge in [0, 0.05) is 28.2 Å². The van der Waals surface area contributed by atoms with Crippen LogP contribution in [-0.2, 0) is 0 Å². The summed E-state index contributed by atoms with van der Waals surface area (Å²) >= 11 is 1.31. The number of nitrogens with one attached hydrogen (secondary N) is 2. The molecule has 0 spiro atoms. The molecule has 4 aromatic rings. The van der Waals surface area contributed by atoms with E-state index in [-0.39, 0.29) is 11.7 Å². The quantitative estimate of drug-likeness (QED) is 0.463. The van der Waals surface area contributed by atoms with Crippen LogP contribution in [0.1, 0.15) is 10.4 Å². The molecule has 0 fully saturated rings. The molecule has 2 aromatic heterocycles. The van der Waals surface area contributed by atoms with Gasteiger partial charge in [0.05, 0.1) is 5.52 Å². The van der Waals surface area contributed by atoms with Gasteiger partial charge in [0.2, 0.25) is 0 Å². The second-order valence-electron chi connectivity index (χ2n) is 5.94. The van der Waals surface area contributed by atoms with Gasteiger partial charge in [-0.25, -0.2) is 15.0 Å². The number of hydrogen-bond donors (Lipinski definition) is 2. The number of halogens is 3. The molecule has 11 heteroatoms. The summed E-state index contributed by atoms with van der Waals surface area (Å²) in [5.41, 5.74) is 1.43. The van der Waals surface area contributed by atoms with Gasteiger partial charge in [0.1, 0.15) is 17.9 Å². The van der Waals surface area contributed by atoms with Crippen LogP contribution in [0.3, 0.4) is 0 Å². The minimum atomic E-state index is -4.75. The molecule has 0 bridgehead atoms. The summed E-state index contributed by atoms with van der Waals surface area (Å²) < 4.78 is 40.7. The number of anilines is 3. The Morgan fingerprint density at radius 3 is 2.53 bits per heavy atom. The third-order valence-corrected chi connectivity index (χ3v) is 4.59. The summed E-state index contributed by atoms with van der Waals surface area (Å²) in [6, 6.07) is 10.2. The predicted molar refractivity (Wildman–Crippen MR) is 106 cm³/mol. The van der Waals surface area contributed by atoms with E-state index in [2.05, 4.69) is 30.3 Å². The van der Waals surface area contributed by atoms with Gasteiger partial charge in [-0.2, -0.15) is 0 Å². The topological polar surface area (TPSA) is 89.0 Å². The van der Waals surface area contributed by atoms with E-state index >= 15 is 0 Å². The number of carbonyl (C=O) groups excluding carboxylic acids is 1. The Morgan fingerprint density at radius 2 is 1.83 bits per heavy atom. The zero-order valence-electron chi connectivity index (χ0n) is 15.0. The Kier molecular flexibility index (Phi) is 5.19. The number of rotatable bonds is 5. The number of benzene rings is 2. The number of carbonyl (C=O) groups is 1. The van der Waals surface area contributed by atoms with Gasteiger partial charge >= 0.3 is 6.36 Å². The van der Waals surface area contributed by atoms with Crippen molar-refractivity contribution in [1.29, 1.82) is 0 Å². The Hall–Kier alpha value is -3.73. The highest BCUT2D eigenvalue weighted by atomic mass is 32.1. The third kappa shape index (κ3) is 4.63. The van der Waals surface area contributed by atoms with Crippen molar-refractivity contribution in [3.05, 3.63) is 65.9 Å². The largest absolute Gasteiger partial charge is 0.573 e. The number of amides is 1. The van der Waals surface area contributed by atoms with E-state index in [4.69, 9.17) is 0 Å². The van der Waals surface area contributed by atoms with Crippen molar-refractivity contribution >= 4 is 44.8 Å². The maximum atomic E-state index is 12.4. The van der Waals surface area contributed by atoms with Crippen LogP contribution in [-0.4, -0.2) is 27.2 Å². The minimum Gasteiger partial charge on any atom is -0.406 e. The average molecular weight is 431 g/mol. The number of alkyl halides is 3. The highest BCUT2D eigenvalue weighted by Crippen LogP contribution is 2.27. The zero-order valence-corrected chi connectivity index (χ0v) is 15.8.